The van der Waals surface area contributed by atoms with E-state index in [4.69, 9.17) is 9.47 Å². The molecule has 1 aromatic rings. The molecule has 0 bridgehead atoms. The Labute approximate surface area is 124 Å². The zero-order chi connectivity index (χ0) is 14.2. The van der Waals surface area contributed by atoms with Gasteiger partial charge in [-0.15, -0.1) is 0 Å². The number of amides is 2. The molecular formula is C16H20N2O3. The first kappa shape index (κ1) is 12.8. The van der Waals surface area contributed by atoms with Crippen LogP contribution >= 0.6 is 0 Å². The van der Waals surface area contributed by atoms with E-state index >= 15 is 0 Å². The summed E-state index contributed by atoms with van der Waals surface area (Å²) in [4.78, 5) is 14.3. The van der Waals surface area contributed by atoms with Gasteiger partial charge in [-0.2, -0.15) is 0 Å². The van der Waals surface area contributed by atoms with Crippen LogP contribution in [0.2, 0.25) is 0 Å². The van der Waals surface area contributed by atoms with Crippen LogP contribution in [-0.2, 0) is 13.0 Å². The molecule has 2 aliphatic heterocycles. The quantitative estimate of drug-likeness (QED) is 0.863. The van der Waals surface area contributed by atoms with Gasteiger partial charge < -0.3 is 19.7 Å². The van der Waals surface area contributed by atoms with Crippen molar-refractivity contribution in [2.75, 3.05) is 13.3 Å². The fourth-order valence-electron chi connectivity index (χ4n) is 3.46. The summed E-state index contributed by atoms with van der Waals surface area (Å²) in [5, 5.41) is 3.16. The number of carbonyl (C=O) groups is 1. The molecule has 4 rings (SSSR count). The molecule has 1 fully saturated rings. The highest BCUT2D eigenvalue weighted by molar-refractivity contribution is 5.75. The topological polar surface area (TPSA) is 50.8 Å². The Morgan fingerprint density at radius 1 is 1.14 bits per heavy atom. The van der Waals surface area contributed by atoms with Crippen molar-refractivity contribution in [2.45, 2.75) is 44.7 Å². The third kappa shape index (κ3) is 2.41. The minimum absolute atomic E-state index is 0.0743. The van der Waals surface area contributed by atoms with E-state index in [2.05, 4.69) is 11.4 Å². The van der Waals surface area contributed by atoms with E-state index in [1.54, 1.807) is 0 Å². The summed E-state index contributed by atoms with van der Waals surface area (Å²) in [5.41, 5.74) is 2.44. The molecule has 0 radical (unpaired) electrons. The van der Waals surface area contributed by atoms with Gasteiger partial charge in [-0.3, -0.25) is 0 Å². The molecule has 1 N–H and O–H groups in total. The van der Waals surface area contributed by atoms with Crippen LogP contribution < -0.4 is 14.8 Å². The van der Waals surface area contributed by atoms with Gasteiger partial charge >= 0.3 is 6.03 Å². The summed E-state index contributed by atoms with van der Waals surface area (Å²) in [5.74, 6) is 1.63. The van der Waals surface area contributed by atoms with Gasteiger partial charge in [-0.05, 0) is 42.5 Å². The fourth-order valence-corrected chi connectivity index (χ4v) is 3.46. The van der Waals surface area contributed by atoms with Gasteiger partial charge in [0.25, 0.3) is 0 Å². The largest absolute Gasteiger partial charge is 0.454 e. The zero-order valence-corrected chi connectivity index (χ0v) is 12.1. The Morgan fingerprint density at radius 3 is 2.62 bits per heavy atom. The van der Waals surface area contributed by atoms with Gasteiger partial charge in [0.05, 0.1) is 0 Å². The molecule has 0 unspecified atom stereocenters. The third-order valence-corrected chi connectivity index (χ3v) is 4.68. The SMILES string of the molecule is O=C(NC1CCCC1)N1CCc2cc3c(cc2C1)OCO3. The van der Waals surface area contributed by atoms with Gasteiger partial charge in [-0.25, -0.2) is 4.79 Å². The first-order valence-electron chi connectivity index (χ1n) is 7.76. The van der Waals surface area contributed by atoms with Crippen molar-refractivity contribution in [1.82, 2.24) is 10.2 Å². The zero-order valence-electron chi connectivity index (χ0n) is 12.1. The van der Waals surface area contributed by atoms with E-state index in [-0.39, 0.29) is 6.03 Å². The lowest BCUT2D eigenvalue weighted by molar-refractivity contribution is 0.174. The lowest BCUT2D eigenvalue weighted by Gasteiger charge is -2.30. The minimum Gasteiger partial charge on any atom is -0.454 e. The number of hydrogen-bond acceptors (Lipinski definition) is 3. The normalized spacial score (nSPS) is 20.5. The number of hydrogen-bond donors (Lipinski definition) is 1. The minimum atomic E-state index is 0.0743. The highest BCUT2D eigenvalue weighted by Gasteiger charge is 2.26. The van der Waals surface area contributed by atoms with Gasteiger partial charge in [-0.1, -0.05) is 12.8 Å². The molecule has 21 heavy (non-hydrogen) atoms. The van der Waals surface area contributed by atoms with E-state index < -0.39 is 0 Å². The summed E-state index contributed by atoms with van der Waals surface area (Å²) in [7, 11) is 0. The number of carbonyl (C=O) groups excluding carboxylic acids is 1. The second kappa shape index (κ2) is 5.13. The first-order valence-corrected chi connectivity index (χ1v) is 7.76. The van der Waals surface area contributed by atoms with Crippen LogP contribution in [0.3, 0.4) is 0 Å². The highest BCUT2D eigenvalue weighted by atomic mass is 16.7. The molecule has 0 aromatic heterocycles. The number of fused-ring (bicyclic) bond motifs is 2. The molecule has 2 heterocycles. The Morgan fingerprint density at radius 2 is 1.86 bits per heavy atom. The molecule has 0 spiro atoms. The average molecular weight is 288 g/mol. The summed E-state index contributed by atoms with van der Waals surface area (Å²) in [6.45, 7) is 1.72. The van der Waals surface area contributed by atoms with Crippen molar-refractivity contribution in [1.29, 1.82) is 0 Å². The van der Waals surface area contributed by atoms with Crippen LogP contribution in [-0.4, -0.2) is 30.3 Å². The fraction of sp³-hybridized carbons (Fsp3) is 0.562. The predicted molar refractivity (Wildman–Crippen MR) is 77.5 cm³/mol. The maximum Gasteiger partial charge on any atom is 0.317 e. The molecule has 3 aliphatic rings. The summed E-state index contributed by atoms with van der Waals surface area (Å²) in [6.07, 6.45) is 5.59. The Bertz CT molecular complexity index is 567. The molecular weight excluding hydrogens is 268 g/mol. The summed E-state index contributed by atoms with van der Waals surface area (Å²) < 4.78 is 10.8. The molecule has 112 valence electrons. The lowest BCUT2D eigenvalue weighted by atomic mass is 9.99. The number of nitrogens with one attached hydrogen (secondary N) is 1. The van der Waals surface area contributed by atoms with Crippen molar-refractivity contribution in [2.24, 2.45) is 0 Å². The number of nitrogens with zero attached hydrogens (tertiary/aromatic N) is 1. The van der Waals surface area contributed by atoms with Gasteiger partial charge in [0.15, 0.2) is 11.5 Å². The number of ether oxygens (including phenoxy) is 2. The van der Waals surface area contributed by atoms with E-state index in [0.717, 1.165) is 37.3 Å². The van der Waals surface area contributed by atoms with Crippen LogP contribution in [0.4, 0.5) is 4.79 Å². The molecule has 0 saturated heterocycles. The average Bonchev–Trinajstić information content (AvgIpc) is 3.15. The van der Waals surface area contributed by atoms with Gasteiger partial charge in [0, 0.05) is 19.1 Å². The predicted octanol–water partition coefficient (Wildman–Crippen LogP) is 2.43. The number of rotatable bonds is 1. The van der Waals surface area contributed by atoms with Crippen LogP contribution in [0.25, 0.3) is 0 Å². The molecule has 0 atom stereocenters. The molecule has 1 saturated carbocycles. The molecule has 2 amide bonds. The van der Waals surface area contributed by atoms with Crippen LogP contribution in [0.1, 0.15) is 36.8 Å². The Hall–Kier alpha value is -1.91. The van der Waals surface area contributed by atoms with E-state index in [9.17, 15) is 4.79 Å². The second-order valence-electron chi connectivity index (χ2n) is 6.08. The Balaban J connectivity index is 1.47. The van der Waals surface area contributed by atoms with Crippen LogP contribution in [0, 0.1) is 0 Å². The Kier molecular flexibility index (Phi) is 3.13. The van der Waals surface area contributed by atoms with Crippen molar-refractivity contribution in [3.8, 4) is 11.5 Å². The number of benzene rings is 1. The van der Waals surface area contributed by atoms with E-state index in [1.165, 1.54) is 24.0 Å². The van der Waals surface area contributed by atoms with Gasteiger partial charge in [0.2, 0.25) is 6.79 Å². The van der Waals surface area contributed by atoms with Crippen molar-refractivity contribution in [3.63, 3.8) is 0 Å². The van der Waals surface area contributed by atoms with Crippen molar-refractivity contribution in [3.05, 3.63) is 23.3 Å². The molecule has 1 aromatic carbocycles. The maximum absolute atomic E-state index is 12.4. The lowest BCUT2D eigenvalue weighted by Crippen LogP contribution is -2.45. The monoisotopic (exact) mass is 288 g/mol. The first-order chi connectivity index (χ1) is 10.3. The molecule has 5 heteroatoms. The smallest absolute Gasteiger partial charge is 0.317 e. The van der Waals surface area contributed by atoms with Crippen molar-refractivity contribution < 1.29 is 14.3 Å². The third-order valence-electron chi connectivity index (χ3n) is 4.68. The van der Waals surface area contributed by atoms with Gasteiger partial charge in [0.1, 0.15) is 0 Å². The van der Waals surface area contributed by atoms with Crippen LogP contribution in [0.15, 0.2) is 12.1 Å². The highest BCUT2D eigenvalue weighted by Crippen LogP contribution is 2.36. The summed E-state index contributed by atoms with van der Waals surface area (Å²) in [6, 6.07) is 4.53. The van der Waals surface area contributed by atoms with E-state index in [1.807, 2.05) is 11.0 Å². The molecule has 1 aliphatic carbocycles. The molecule has 5 nitrogen and oxygen atoms in total. The second-order valence-corrected chi connectivity index (χ2v) is 6.08. The van der Waals surface area contributed by atoms with E-state index in [0.29, 0.717) is 19.4 Å². The summed E-state index contributed by atoms with van der Waals surface area (Å²) >= 11 is 0. The van der Waals surface area contributed by atoms with Crippen LogP contribution in [0.5, 0.6) is 11.5 Å². The standard InChI is InChI=1S/C16H20N2O3/c19-16(17-13-3-1-2-4-13)18-6-5-11-7-14-15(21-10-20-14)8-12(11)9-18/h7-8,13H,1-6,9-10H2,(H,17,19). The number of urea groups is 1. The van der Waals surface area contributed by atoms with Crippen molar-refractivity contribution >= 4 is 6.03 Å². The maximum atomic E-state index is 12.4.